The van der Waals surface area contributed by atoms with Gasteiger partial charge in [-0.15, -0.1) is 0 Å². The molecule has 0 saturated heterocycles. The van der Waals surface area contributed by atoms with Crippen molar-refractivity contribution in [2.75, 3.05) is 16.8 Å². The van der Waals surface area contributed by atoms with Crippen LogP contribution in [0.4, 0.5) is 11.4 Å². The van der Waals surface area contributed by atoms with Crippen molar-refractivity contribution in [2.45, 2.75) is 6.42 Å². The first-order valence-corrected chi connectivity index (χ1v) is 7.04. The number of para-hydroxylation sites is 2. The molecule has 0 fully saturated rings. The fourth-order valence-corrected chi connectivity index (χ4v) is 2.04. The summed E-state index contributed by atoms with van der Waals surface area (Å²) < 4.78 is 0. The van der Waals surface area contributed by atoms with E-state index in [0.717, 1.165) is 11.4 Å². The van der Waals surface area contributed by atoms with Gasteiger partial charge in [-0.05, 0) is 30.3 Å². The number of hydrogen-bond acceptors (Lipinski definition) is 2. The zero-order valence-electron chi connectivity index (χ0n) is 12.2. The van der Waals surface area contributed by atoms with Gasteiger partial charge in [0, 0.05) is 24.3 Å². The molecule has 0 aliphatic rings. The summed E-state index contributed by atoms with van der Waals surface area (Å²) >= 11 is 0. The van der Waals surface area contributed by atoms with Crippen LogP contribution >= 0.6 is 0 Å². The third-order valence-corrected chi connectivity index (χ3v) is 3.13. The largest absolute Gasteiger partial charge is 0.326 e. The molecular formula is C18H18N2O2. The lowest BCUT2D eigenvalue weighted by molar-refractivity contribution is -0.116. The molecule has 0 aliphatic heterocycles. The van der Waals surface area contributed by atoms with Crippen LogP contribution in [0.1, 0.15) is 6.42 Å². The van der Waals surface area contributed by atoms with Gasteiger partial charge in [0.2, 0.25) is 11.8 Å². The second-order valence-corrected chi connectivity index (χ2v) is 4.69. The Labute approximate surface area is 130 Å². The van der Waals surface area contributed by atoms with Crippen molar-refractivity contribution < 1.29 is 9.59 Å². The molecule has 112 valence electrons. The highest BCUT2D eigenvalue weighted by Gasteiger charge is 2.14. The molecule has 0 bridgehead atoms. The Bertz CT molecular complexity index is 639. The highest BCUT2D eigenvalue weighted by Crippen LogP contribution is 2.14. The predicted octanol–water partition coefficient (Wildman–Crippen LogP) is 3.23. The first kappa shape index (κ1) is 15.5. The van der Waals surface area contributed by atoms with Crippen LogP contribution in [0.25, 0.3) is 0 Å². The fourth-order valence-electron chi connectivity index (χ4n) is 2.04. The average Bonchev–Trinajstić information content (AvgIpc) is 2.56. The zero-order valence-corrected chi connectivity index (χ0v) is 12.2. The molecule has 0 aliphatic carbocycles. The number of nitrogens with one attached hydrogen (secondary N) is 1. The molecule has 4 nitrogen and oxygen atoms in total. The van der Waals surface area contributed by atoms with Crippen LogP contribution in [0.2, 0.25) is 0 Å². The van der Waals surface area contributed by atoms with Crippen LogP contribution in [-0.4, -0.2) is 18.4 Å². The molecule has 0 radical (unpaired) electrons. The summed E-state index contributed by atoms with van der Waals surface area (Å²) in [5.74, 6) is -0.359. The van der Waals surface area contributed by atoms with E-state index in [1.807, 2.05) is 60.7 Å². The molecule has 0 aromatic heterocycles. The zero-order chi connectivity index (χ0) is 15.8. The molecule has 2 aromatic carbocycles. The predicted molar refractivity (Wildman–Crippen MR) is 88.7 cm³/mol. The normalized spacial score (nSPS) is 9.82. The van der Waals surface area contributed by atoms with Gasteiger partial charge in [-0.25, -0.2) is 0 Å². The maximum Gasteiger partial charge on any atom is 0.250 e. The second kappa shape index (κ2) is 7.78. The van der Waals surface area contributed by atoms with Gasteiger partial charge < -0.3 is 10.2 Å². The summed E-state index contributed by atoms with van der Waals surface area (Å²) in [4.78, 5) is 25.5. The van der Waals surface area contributed by atoms with Gasteiger partial charge in [0.1, 0.15) is 0 Å². The fraction of sp³-hybridized carbons (Fsp3) is 0.111. The van der Waals surface area contributed by atoms with Crippen molar-refractivity contribution in [3.05, 3.63) is 73.3 Å². The number of carbonyl (C=O) groups is 2. The summed E-state index contributed by atoms with van der Waals surface area (Å²) in [6.07, 6.45) is 1.46. The van der Waals surface area contributed by atoms with Crippen LogP contribution in [0.15, 0.2) is 73.3 Å². The Hall–Kier alpha value is -2.88. The average molecular weight is 294 g/mol. The Morgan fingerprint density at radius 3 is 2.18 bits per heavy atom. The summed E-state index contributed by atoms with van der Waals surface area (Å²) in [6, 6.07) is 18.5. The Morgan fingerprint density at radius 2 is 1.59 bits per heavy atom. The Morgan fingerprint density at radius 1 is 1.00 bits per heavy atom. The minimum atomic E-state index is -0.223. The van der Waals surface area contributed by atoms with Crippen LogP contribution in [-0.2, 0) is 9.59 Å². The highest BCUT2D eigenvalue weighted by molar-refractivity contribution is 6.01. The van der Waals surface area contributed by atoms with E-state index in [9.17, 15) is 9.59 Å². The first-order chi connectivity index (χ1) is 10.7. The van der Waals surface area contributed by atoms with Crippen molar-refractivity contribution in [2.24, 2.45) is 0 Å². The lowest BCUT2D eigenvalue weighted by atomic mass is 10.2. The van der Waals surface area contributed by atoms with Crippen molar-refractivity contribution in [3.63, 3.8) is 0 Å². The van der Waals surface area contributed by atoms with Crippen molar-refractivity contribution in [1.29, 1.82) is 0 Å². The van der Waals surface area contributed by atoms with Crippen molar-refractivity contribution in [3.8, 4) is 0 Å². The quantitative estimate of drug-likeness (QED) is 0.832. The topological polar surface area (TPSA) is 49.4 Å². The van der Waals surface area contributed by atoms with Gasteiger partial charge in [0.15, 0.2) is 0 Å². The smallest absolute Gasteiger partial charge is 0.250 e. The summed E-state index contributed by atoms with van der Waals surface area (Å²) in [5.41, 5.74) is 1.49. The molecule has 0 saturated carbocycles. The summed E-state index contributed by atoms with van der Waals surface area (Å²) in [7, 11) is 0. The second-order valence-electron chi connectivity index (χ2n) is 4.69. The minimum Gasteiger partial charge on any atom is -0.326 e. The van der Waals surface area contributed by atoms with Gasteiger partial charge in [-0.2, -0.15) is 0 Å². The SMILES string of the molecule is C=CC(=O)N(CCC(=O)Nc1ccccc1)c1ccccc1. The van der Waals surface area contributed by atoms with E-state index >= 15 is 0 Å². The molecule has 2 aromatic rings. The van der Waals surface area contributed by atoms with Crippen LogP contribution in [0.5, 0.6) is 0 Å². The number of rotatable bonds is 6. The van der Waals surface area contributed by atoms with Crippen LogP contribution < -0.4 is 10.2 Å². The molecule has 22 heavy (non-hydrogen) atoms. The number of carbonyl (C=O) groups excluding carboxylic acids is 2. The molecule has 0 atom stereocenters. The molecule has 0 heterocycles. The van der Waals surface area contributed by atoms with Gasteiger partial charge in [-0.1, -0.05) is 43.0 Å². The van der Waals surface area contributed by atoms with Crippen molar-refractivity contribution >= 4 is 23.2 Å². The number of nitrogens with zero attached hydrogens (tertiary/aromatic N) is 1. The number of hydrogen-bond donors (Lipinski definition) is 1. The standard InChI is InChI=1S/C18H18N2O2/c1-2-18(22)20(16-11-7-4-8-12-16)14-13-17(21)19-15-9-5-3-6-10-15/h2-12H,1,13-14H2,(H,19,21). The highest BCUT2D eigenvalue weighted by atomic mass is 16.2. The van der Waals surface area contributed by atoms with E-state index in [0.29, 0.717) is 6.54 Å². The first-order valence-electron chi connectivity index (χ1n) is 7.04. The summed E-state index contributed by atoms with van der Waals surface area (Å²) in [5, 5.41) is 2.80. The number of anilines is 2. The van der Waals surface area contributed by atoms with E-state index < -0.39 is 0 Å². The molecule has 2 amide bonds. The van der Waals surface area contributed by atoms with E-state index in [4.69, 9.17) is 0 Å². The van der Waals surface area contributed by atoms with Gasteiger partial charge in [0.05, 0.1) is 0 Å². The molecule has 4 heteroatoms. The Kier molecular flexibility index (Phi) is 5.49. The monoisotopic (exact) mass is 294 g/mol. The Balaban J connectivity index is 1.98. The lowest BCUT2D eigenvalue weighted by Gasteiger charge is -2.21. The van der Waals surface area contributed by atoms with Gasteiger partial charge in [0.25, 0.3) is 0 Å². The molecule has 1 N–H and O–H groups in total. The molecule has 0 unspecified atom stereocenters. The molecule has 0 spiro atoms. The summed E-state index contributed by atoms with van der Waals surface area (Å²) in [6.45, 7) is 3.81. The third kappa shape index (κ3) is 4.31. The lowest BCUT2D eigenvalue weighted by Crippen LogP contribution is -2.32. The molecular weight excluding hydrogens is 276 g/mol. The van der Waals surface area contributed by atoms with Crippen LogP contribution in [0, 0.1) is 0 Å². The molecule has 2 rings (SSSR count). The maximum atomic E-state index is 12.0. The van der Waals surface area contributed by atoms with Crippen molar-refractivity contribution in [1.82, 2.24) is 0 Å². The van der Waals surface area contributed by atoms with E-state index in [1.165, 1.54) is 11.0 Å². The number of amides is 2. The minimum absolute atomic E-state index is 0.135. The van der Waals surface area contributed by atoms with E-state index in [-0.39, 0.29) is 18.2 Å². The number of benzene rings is 2. The van der Waals surface area contributed by atoms with Gasteiger partial charge >= 0.3 is 0 Å². The van der Waals surface area contributed by atoms with Gasteiger partial charge in [-0.3, -0.25) is 9.59 Å². The third-order valence-electron chi connectivity index (χ3n) is 3.13. The maximum absolute atomic E-state index is 12.0. The van der Waals surface area contributed by atoms with E-state index in [1.54, 1.807) is 0 Å². The van der Waals surface area contributed by atoms with E-state index in [2.05, 4.69) is 11.9 Å². The van der Waals surface area contributed by atoms with Crippen LogP contribution in [0.3, 0.4) is 0 Å².